The Morgan fingerprint density at radius 3 is 1.12 bits per heavy atom. The summed E-state index contributed by atoms with van der Waals surface area (Å²) in [5.41, 5.74) is 13.8. The third kappa shape index (κ3) is 21.0. The molecule has 0 aliphatic carbocycles. The number of aromatic nitrogens is 12. The van der Waals surface area contributed by atoms with Gasteiger partial charge in [0.1, 0.15) is 45.7 Å². The van der Waals surface area contributed by atoms with E-state index in [9.17, 15) is 32.8 Å². The van der Waals surface area contributed by atoms with Crippen LogP contribution in [-0.2, 0) is 0 Å². The molecule has 5 fully saturated rings. The van der Waals surface area contributed by atoms with Crippen LogP contribution in [-0.4, -0.2) is 215 Å². The molecule has 2 aromatic carbocycles. The number of hydrogen-bond donors (Lipinski definition) is 5. The molecule has 664 valence electrons. The van der Waals surface area contributed by atoms with Crippen LogP contribution in [0.3, 0.4) is 0 Å². The Labute approximate surface area is 745 Å². The topological polar surface area (TPSA) is 311 Å². The van der Waals surface area contributed by atoms with Crippen LogP contribution in [0, 0.1) is 11.6 Å². The van der Waals surface area contributed by atoms with E-state index in [0.29, 0.717) is 103 Å². The van der Waals surface area contributed by atoms with Crippen molar-refractivity contribution in [2.24, 2.45) is 0 Å². The molecular formula is C95H99ClF2N22O9. The van der Waals surface area contributed by atoms with Gasteiger partial charge < -0.3 is 70.0 Å². The number of rotatable bonds is 14. The minimum absolute atomic E-state index is 0.0488. The Balaban J connectivity index is 0.000000118. The van der Waals surface area contributed by atoms with Crippen molar-refractivity contribution in [1.29, 1.82) is 0 Å². The molecule has 5 saturated heterocycles. The summed E-state index contributed by atoms with van der Waals surface area (Å²) in [6.45, 7) is 22.2. The predicted octanol–water partition coefficient (Wildman–Crippen LogP) is 9.78. The van der Waals surface area contributed by atoms with Crippen molar-refractivity contribution < 1.29 is 27.7 Å². The third-order valence-electron chi connectivity index (χ3n) is 22.9. The highest BCUT2D eigenvalue weighted by Gasteiger charge is 2.24. The number of nitrogens with zero attached hydrogens (tertiary/aromatic N) is 17. The summed E-state index contributed by atoms with van der Waals surface area (Å²) in [7, 11) is 6.41. The molecule has 0 unspecified atom stereocenters. The Morgan fingerprint density at radius 1 is 0.333 bits per heavy atom. The molecule has 18 heterocycles. The van der Waals surface area contributed by atoms with Crippen molar-refractivity contribution in [3.63, 3.8) is 0 Å². The van der Waals surface area contributed by atoms with Crippen LogP contribution in [0.25, 0.3) is 84.3 Å². The SMILES string of the molecule is COc1ccc(-c2cc(=O)n3cc(N4CCN[C@@H](C)C4)ccc3c2)cc1OC.COc1ccc(-c2cc(=O)n3cc(N4CCN[C@@H](C)C4)ccc3n2)c(OC)c1.C[C@H]1CN(c2ccc3nc(-c4cncc(F)c4)cc(=O)n3c2)CCN1.O=c1cc(-c2cncc(Cl)c2)nc2ccc(N3CCNCC3)cn12.O=c1cc(-c2cncc(F)c2)nc2ccc(N3CCNCC3)cn12. The van der Waals surface area contributed by atoms with Gasteiger partial charge in [-0.25, -0.2) is 28.7 Å². The average molecular weight is 1770 g/mol. The van der Waals surface area contributed by atoms with E-state index < -0.39 is 11.6 Å². The quantitative estimate of drug-likeness (QED) is 0.0676. The number of pyridine rings is 9. The van der Waals surface area contributed by atoms with Gasteiger partial charge in [-0.05, 0) is 141 Å². The van der Waals surface area contributed by atoms with Crippen LogP contribution in [0.4, 0.5) is 37.2 Å². The first-order valence-electron chi connectivity index (χ1n) is 42.6. The first-order valence-corrected chi connectivity index (χ1v) is 43.0. The number of hydrogen-bond acceptors (Lipinski definition) is 26. The van der Waals surface area contributed by atoms with E-state index in [-0.39, 0.29) is 27.8 Å². The number of nitrogens with one attached hydrogen (secondary N) is 5. The van der Waals surface area contributed by atoms with Crippen LogP contribution >= 0.6 is 11.6 Å². The average Bonchev–Trinajstić information content (AvgIpc) is 0.933. The lowest BCUT2D eigenvalue weighted by Crippen LogP contribution is -2.49. The summed E-state index contributed by atoms with van der Waals surface area (Å²) in [6, 6.07) is 45.8. The summed E-state index contributed by atoms with van der Waals surface area (Å²) in [4.78, 5) is 104. The van der Waals surface area contributed by atoms with Crippen molar-refractivity contribution >= 4 is 68.1 Å². The number of fused-ring (bicyclic) bond motifs is 5. The van der Waals surface area contributed by atoms with Crippen LogP contribution in [0.2, 0.25) is 5.02 Å². The lowest BCUT2D eigenvalue weighted by atomic mass is 10.1. The van der Waals surface area contributed by atoms with Gasteiger partial charge in [-0.2, -0.15) is 0 Å². The van der Waals surface area contributed by atoms with Crippen molar-refractivity contribution in [3.05, 3.63) is 288 Å². The summed E-state index contributed by atoms with van der Waals surface area (Å²) in [5, 5.41) is 17.4. The zero-order chi connectivity index (χ0) is 89.8. The highest BCUT2D eigenvalue weighted by molar-refractivity contribution is 6.30. The maximum absolute atomic E-state index is 13.4. The van der Waals surface area contributed by atoms with Crippen molar-refractivity contribution in [2.75, 3.05) is 164 Å². The number of ether oxygens (including phenoxy) is 4. The predicted molar refractivity (Wildman–Crippen MR) is 500 cm³/mol. The van der Waals surface area contributed by atoms with E-state index in [4.69, 9.17) is 30.5 Å². The molecule has 15 aromatic rings. The zero-order valence-electron chi connectivity index (χ0n) is 72.4. The van der Waals surface area contributed by atoms with E-state index in [2.05, 4.69) is 113 Å². The molecule has 0 saturated carbocycles. The fourth-order valence-corrected chi connectivity index (χ4v) is 16.5. The maximum atomic E-state index is 13.4. The molecular weight excluding hydrogens is 1670 g/mol. The Bertz CT molecular complexity index is 6750. The molecule has 5 aliphatic heterocycles. The standard InChI is InChI=1S/C22H25N3O3.C21H24N4O3.C18H18FN5O.C17H16ClN5O.C17H16FN5O/c1-15-13-24(9-8-23-15)19-6-5-18-10-17(12-22(26)25(18)14-19)16-4-7-20(27-2)21(11-16)28-3;1-14-12-24(9-8-22-14)15-4-7-20-23-18(11-21(26)25(20)13-15)17-6-5-16(27-2)10-19(17)28-3;1-12-10-23(5-4-21-12)15-2-3-17-22-16(7-18(25)24(17)11-15)13-6-14(19)9-20-8-13;2*18-13-7-12(9-20-10-13)15-8-17(24)23-11-14(1-2-16(23)21-15)22-5-3-19-4-6-22/h4-7,10-12,14-15,23H,8-9,13H2,1-3H3;4-7,10-11,13-14,22H,8-9,12H2,1-3H3;2-3,6-9,11-12,21H,4-5,10H2,1H3;2*1-2,7-11,19H,3-6H2/t15-;14-;12-;;/m000../s1. The number of benzene rings is 2. The smallest absolute Gasteiger partial charge is 0.258 e. The van der Waals surface area contributed by atoms with Crippen LogP contribution in [0.5, 0.6) is 23.0 Å². The highest BCUT2D eigenvalue weighted by Crippen LogP contribution is 2.35. The lowest BCUT2D eigenvalue weighted by Gasteiger charge is -2.33. The third-order valence-corrected chi connectivity index (χ3v) is 23.1. The van der Waals surface area contributed by atoms with E-state index in [1.807, 2.05) is 122 Å². The summed E-state index contributed by atoms with van der Waals surface area (Å²) in [6.07, 6.45) is 17.7. The van der Waals surface area contributed by atoms with E-state index >= 15 is 0 Å². The van der Waals surface area contributed by atoms with Gasteiger partial charge in [0.05, 0.1) is 97.1 Å². The Kier molecular flexibility index (Phi) is 27.6. The first kappa shape index (κ1) is 88.3. The zero-order valence-corrected chi connectivity index (χ0v) is 73.2. The van der Waals surface area contributed by atoms with Gasteiger partial charge in [0.25, 0.3) is 27.8 Å². The van der Waals surface area contributed by atoms with Gasteiger partial charge in [0, 0.05) is 249 Å². The van der Waals surface area contributed by atoms with Gasteiger partial charge in [-0.3, -0.25) is 60.9 Å². The minimum atomic E-state index is -0.456. The second-order valence-corrected chi connectivity index (χ2v) is 32.3. The van der Waals surface area contributed by atoms with Gasteiger partial charge >= 0.3 is 0 Å². The van der Waals surface area contributed by atoms with Crippen LogP contribution in [0.15, 0.2) is 244 Å². The summed E-state index contributed by atoms with van der Waals surface area (Å²) in [5.74, 6) is 1.70. The molecule has 31 nitrogen and oxygen atoms in total. The summed E-state index contributed by atoms with van der Waals surface area (Å²) >= 11 is 5.98. The first-order chi connectivity index (χ1) is 62.7. The number of methoxy groups -OCH3 is 4. The molecule has 5 N–H and O–H groups in total. The fraction of sp³-hybridized carbons (Fsp3) is 0.284. The molecule has 5 aliphatic rings. The fourth-order valence-electron chi connectivity index (χ4n) is 16.3. The highest BCUT2D eigenvalue weighted by atomic mass is 35.5. The van der Waals surface area contributed by atoms with E-state index in [0.717, 1.165) is 180 Å². The Morgan fingerprint density at radius 2 is 0.713 bits per heavy atom. The normalized spacial score (nSPS) is 16.4. The maximum Gasteiger partial charge on any atom is 0.258 e. The van der Waals surface area contributed by atoms with Gasteiger partial charge in [0.2, 0.25) is 0 Å². The van der Waals surface area contributed by atoms with Crippen LogP contribution in [0.1, 0.15) is 20.8 Å². The largest absolute Gasteiger partial charge is 0.497 e. The second-order valence-electron chi connectivity index (χ2n) is 31.8. The second kappa shape index (κ2) is 40.3. The van der Waals surface area contributed by atoms with Crippen molar-refractivity contribution in [3.8, 4) is 79.2 Å². The van der Waals surface area contributed by atoms with Crippen molar-refractivity contribution in [2.45, 2.75) is 38.9 Å². The molecule has 0 amide bonds. The van der Waals surface area contributed by atoms with Crippen LogP contribution < -0.4 is 97.8 Å². The number of halogens is 3. The van der Waals surface area contributed by atoms with Gasteiger partial charge in [-0.15, -0.1) is 0 Å². The summed E-state index contributed by atoms with van der Waals surface area (Å²) < 4.78 is 56.1. The molecule has 129 heavy (non-hydrogen) atoms. The molecule has 13 aromatic heterocycles. The number of piperazine rings is 5. The van der Waals surface area contributed by atoms with E-state index in [1.54, 1.807) is 78.3 Å². The minimum Gasteiger partial charge on any atom is -0.497 e. The molecule has 34 heteroatoms. The molecule has 0 bridgehead atoms. The lowest BCUT2D eigenvalue weighted by molar-refractivity contribution is 0.355. The molecule has 0 radical (unpaired) electrons. The van der Waals surface area contributed by atoms with Gasteiger partial charge in [0.15, 0.2) is 11.5 Å². The van der Waals surface area contributed by atoms with E-state index in [1.165, 1.54) is 51.5 Å². The van der Waals surface area contributed by atoms with Crippen molar-refractivity contribution in [1.82, 2.24) is 83.5 Å². The molecule has 3 atom stereocenters. The molecule has 20 rings (SSSR count). The van der Waals surface area contributed by atoms with Gasteiger partial charge in [-0.1, -0.05) is 17.7 Å². The monoisotopic (exact) mass is 1760 g/mol. The number of anilines is 5. The Hall–Kier alpha value is -14.1. The molecule has 0 spiro atoms.